The van der Waals surface area contributed by atoms with Gasteiger partial charge >= 0.3 is 6.18 Å². The van der Waals surface area contributed by atoms with Crippen LogP contribution in [0, 0.1) is 0 Å². The van der Waals surface area contributed by atoms with E-state index >= 15 is 0 Å². The second-order valence-electron chi connectivity index (χ2n) is 6.18. The number of nitrogens with zero attached hydrogens (tertiary/aromatic N) is 1. The van der Waals surface area contributed by atoms with Crippen molar-refractivity contribution in [2.45, 2.75) is 19.1 Å². The summed E-state index contributed by atoms with van der Waals surface area (Å²) in [6.45, 7) is 0.356. The molecule has 0 spiro atoms. The lowest BCUT2D eigenvalue weighted by molar-refractivity contribution is -0.153. The van der Waals surface area contributed by atoms with Crippen LogP contribution in [0.4, 0.5) is 13.2 Å². The molecule has 8 heteroatoms. The molecule has 146 valence electrons. The zero-order chi connectivity index (χ0) is 20.1. The Morgan fingerprint density at radius 2 is 2.07 bits per heavy atom. The number of rotatable bonds is 6. The molecule has 1 aromatic carbocycles. The van der Waals surface area contributed by atoms with Gasteiger partial charge in [-0.3, -0.25) is 9.78 Å². The van der Waals surface area contributed by atoms with E-state index in [2.05, 4.69) is 20.0 Å². The Bertz CT molecular complexity index is 978. The first-order chi connectivity index (χ1) is 13.3. The first kappa shape index (κ1) is 19.5. The minimum atomic E-state index is -4.41. The highest BCUT2D eigenvalue weighted by molar-refractivity contribution is 5.96. The number of carbonyl (C=O) groups excluding carboxylic acids is 1. The molecule has 5 nitrogen and oxygen atoms in total. The van der Waals surface area contributed by atoms with Crippen LogP contribution < -0.4 is 10.1 Å². The van der Waals surface area contributed by atoms with E-state index in [1.165, 1.54) is 24.4 Å². The Balaban J connectivity index is 1.58. The van der Waals surface area contributed by atoms with E-state index in [9.17, 15) is 18.0 Å². The lowest BCUT2D eigenvalue weighted by atomic mass is 10.1. The molecule has 1 atom stereocenters. The molecule has 0 saturated heterocycles. The fourth-order valence-corrected chi connectivity index (χ4v) is 2.63. The summed E-state index contributed by atoms with van der Waals surface area (Å²) >= 11 is 0. The maximum absolute atomic E-state index is 12.2. The van der Waals surface area contributed by atoms with Gasteiger partial charge < -0.3 is 15.0 Å². The van der Waals surface area contributed by atoms with Crippen LogP contribution in [0.1, 0.15) is 24.2 Å². The van der Waals surface area contributed by atoms with Gasteiger partial charge in [0, 0.05) is 23.2 Å². The van der Waals surface area contributed by atoms with E-state index in [-0.39, 0.29) is 11.7 Å². The molecule has 2 N–H and O–H groups in total. The number of para-hydroxylation sites is 1. The van der Waals surface area contributed by atoms with Gasteiger partial charge in [-0.15, -0.1) is 0 Å². The zero-order valence-corrected chi connectivity index (χ0v) is 15.0. The number of alkyl halides is 3. The molecule has 0 bridgehead atoms. The fraction of sp³-hybridized carbons (Fsp3) is 0.200. The number of fused-ring (bicyclic) bond motifs is 1. The largest absolute Gasteiger partial charge is 0.483 e. The number of aromatic nitrogens is 2. The van der Waals surface area contributed by atoms with Gasteiger partial charge in [-0.2, -0.15) is 13.2 Å². The van der Waals surface area contributed by atoms with E-state index in [0.29, 0.717) is 5.69 Å². The molecular formula is C20H18F3N3O2. The Labute approximate surface area is 159 Å². The number of halogens is 3. The molecule has 3 rings (SSSR count). The summed E-state index contributed by atoms with van der Waals surface area (Å²) in [5.74, 6) is -0.296. The number of H-pyrrole nitrogens is 1. The third-order valence-electron chi connectivity index (χ3n) is 4.00. The van der Waals surface area contributed by atoms with E-state index in [0.717, 1.165) is 16.5 Å². The highest BCUT2D eigenvalue weighted by Crippen LogP contribution is 2.20. The molecule has 1 unspecified atom stereocenters. The van der Waals surface area contributed by atoms with Gasteiger partial charge in [-0.1, -0.05) is 18.2 Å². The molecule has 2 heterocycles. The number of hydrogen-bond acceptors (Lipinski definition) is 3. The highest BCUT2D eigenvalue weighted by atomic mass is 19.4. The summed E-state index contributed by atoms with van der Waals surface area (Å²) in [6.07, 6.45) is 1.75. The number of pyridine rings is 1. The lowest BCUT2D eigenvalue weighted by Gasteiger charge is -2.13. The van der Waals surface area contributed by atoms with Gasteiger partial charge in [-0.05, 0) is 36.8 Å². The van der Waals surface area contributed by atoms with E-state index in [4.69, 9.17) is 0 Å². The van der Waals surface area contributed by atoms with Crippen molar-refractivity contribution in [3.8, 4) is 5.75 Å². The molecular weight excluding hydrogens is 371 g/mol. The summed E-state index contributed by atoms with van der Waals surface area (Å²) in [5.41, 5.74) is 2.38. The summed E-state index contributed by atoms with van der Waals surface area (Å²) in [7, 11) is 0. The predicted molar refractivity (Wildman–Crippen MR) is 99.7 cm³/mol. The maximum Gasteiger partial charge on any atom is 0.422 e. The molecule has 3 aromatic rings. The zero-order valence-electron chi connectivity index (χ0n) is 15.0. The Morgan fingerprint density at radius 3 is 2.79 bits per heavy atom. The van der Waals surface area contributed by atoms with Crippen LogP contribution in [0.5, 0.6) is 5.75 Å². The van der Waals surface area contributed by atoms with Crippen molar-refractivity contribution >= 4 is 22.9 Å². The smallest absolute Gasteiger partial charge is 0.422 e. The lowest BCUT2D eigenvalue weighted by Crippen LogP contribution is -2.25. The molecule has 0 aliphatic carbocycles. The third-order valence-corrected chi connectivity index (χ3v) is 4.00. The fourth-order valence-electron chi connectivity index (χ4n) is 2.63. The minimum Gasteiger partial charge on any atom is -0.483 e. The maximum atomic E-state index is 12.2. The number of amides is 1. The second-order valence-corrected chi connectivity index (χ2v) is 6.18. The van der Waals surface area contributed by atoms with Crippen molar-refractivity contribution in [2.24, 2.45) is 0 Å². The Morgan fingerprint density at radius 1 is 1.29 bits per heavy atom. The molecule has 0 fully saturated rings. The SMILES string of the molecule is CC(NC(=O)C=Cc1c[nH]c2ccccc12)c1ccc(OCC(F)(F)F)cn1. The molecule has 2 aromatic heterocycles. The van der Waals surface area contributed by atoms with Gasteiger partial charge in [0.1, 0.15) is 5.75 Å². The van der Waals surface area contributed by atoms with E-state index < -0.39 is 18.8 Å². The van der Waals surface area contributed by atoms with Crippen LogP contribution in [0.15, 0.2) is 54.9 Å². The van der Waals surface area contributed by atoms with Crippen LogP contribution in [0.2, 0.25) is 0 Å². The normalized spacial score (nSPS) is 13.0. The highest BCUT2D eigenvalue weighted by Gasteiger charge is 2.28. The first-order valence-electron chi connectivity index (χ1n) is 8.52. The van der Waals surface area contributed by atoms with Gasteiger partial charge in [0.2, 0.25) is 5.91 Å². The number of nitrogens with one attached hydrogen (secondary N) is 2. The molecule has 0 aliphatic heterocycles. The van der Waals surface area contributed by atoms with Crippen LogP contribution in [-0.4, -0.2) is 28.7 Å². The quantitative estimate of drug-likeness (QED) is 0.615. The van der Waals surface area contributed by atoms with Crippen LogP contribution in [0.3, 0.4) is 0 Å². The number of ether oxygens (including phenoxy) is 1. The Hall–Kier alpha value is -3.29. The van der Waals surface area contributed by atoms with Crippen molar-refractivity contribution in [3.05, 3.63) is 66.1 Å². The number of aromatic amines is 1. The standard InChI is InChI=1S/C20H18F3N3O2/c1-13(17-8-7-15(11-25-17)28-12-20(21,22)23)26-19(27)9-6-14-10-24-18-5-3-2-4-16(14)18/h2-11,13,24H,12H2,1H3,(H,26,27). The van der Waals surface area contributed by atoms with Crippen LogP contribution in [0.25, 0.3) is 17.0 Å². The Kier molecular flexibility index (Phi) is 5.67. The van der Waals surface area contributed by atoms with Crippen molar-refractivity contribution in [3.63, 3.8) is 0 Å². The van der Waals surface area contributed by atoms with E-state index in [1.807, 2.05) is 30.5 Å². The van der Waals surface area contributed by atoms with Crippen molar-refractivity contribution in [2.75, 3.05) is 6.61 Å². The monoisotopic (exact) mass is 389 g/mol. The van der Waals surface area contributed by atoms with Crippen molar-refractivity contribution in [1.82, 2.24) is 15.3 Å². The summed E-state index contributed by atoms with van der Waals surface area (Å²) in [6, 6.07) is 10.2. The molecule has 0 radical (unpaired) electrons. The summed E-state index contributed by atoms with van der Waals surface area (Å²) < 4.78 is 41.1. The third kappa shape index (κ3) is 5.12. The molecule has 28 heavy (non-hydrogen) atoms. The molecule has 0 saturated carbocycles. The molecule has 1 amide bonds. The molecule has 0 aliphatic rings. The average molecular weight is 389 g/mol. The second kappa shape index (κ2) is 8.16. The van der Waals surface area contributed by atoms with Crippen LogP contribution >= 0.6 is 0 Å². The first-order valence-corrected chi connectivity index (χ1v) is 8.52. The van der Waals surface area contributed by atoms with Gasteiger partial charge in [0.25, 0.3) is 0 Å². The van der Waals surface area contributed by atoms with Crippen molar-refractivity contribution < 1.29 is 22.7 Å². The number of hydrogen-bond donors (Lipinski definition) is 2. The van der Waals surface area contributed by atoms with Gasteiger partial charge in [-0.25, -0.2) is 0 Å². The predicted octanol–water partition coefficient (Wildman–Crippen LogP) is 4.39. The number of benzene rings is 1. The number of carbonyl (C=O) groups is 1. The van der Waals surface area contributed by atoms with Gasteiger partial charge in [0.15, 0.2) is 6.61 Å². The van der Waals surface area contributed by atoms with E-state index in [1.54, 1.807) is 13.0 Å². The summed E-state index contributed by atoms with van der Waals surface area (Å²) in [5, 5.41) is 3.77. The average Bonchev–Trinajstić information content (AvgIpc) is 3.08. The minimum absolute atomic E-state index is 0.0128. The van der Waals surface area contributed by atoms with Crippen LogP contribution in [-0.2, 0) is 4.79 Å². The summed E-state index contributed by atoms with van der Waals surface area (Å²) in [4.78, 5) is 19.3. The van der Waals surface area contributed by atoms with Gasteiger partial charge in [0.05, 0.1) is 17.9 Å². The topological polar surface area (TPSA) is 67.0 Å². The van der Waals surface area contributed by atoms with Crippen molar-refractivity contribution in [1.29, 1.82) is 0 Å².